The van der Waals surface area contributed by atoms with Crippen LogP contribution in [0.15, 0.2) is 35.5 Å². The number of benzene rings is 1. The molecule has 0 spiro atoms. The molecule has 1 aliphatic rings. The minimum atomic E-state index is -4.65. The van der Waals surface area contributed by atoms with Crippen molar-refractivity contribution in [2.45, 2.75) is 39.1 Å². The number of allylic oxidation sites excluding steroid dienone is 1. The van der Waals surface area contributed by atoms with E-state index in [2.05, 4.69) is 15.4 Å². The zero-order chi connectivity index (χ0) is 19.5. The van der Waals surface area contributed by atoms with Crippen LogP contribution in [-0.2, 0) is 9.53 Å². The number of carbonyl (C=O) groups excluding carboxylic acids is 2. The van der Waals surface area contributed by atoms with E-state index < -0.39 is 30.8 Å². The number of esters is 1. The van der Waals surface area contributed by atoms with Crippen molar-refractivity contribution in [3.05, 3.63) is 41.1 Å². The zero-order valence-electron chi connectivity index (χ0n) is 14.4. The van der Waals surface area contributed by atoms with Crippen molar-refractivity contribution in [3.63, 3.8) is 0 Å². The number of para-hydroxylation sites is 1. The molecule has 0 bridgehead atoms. The van der Waals surface area contributed by atoms with Crippen molar-refractivity contribution in [1.29, 1.82) is 0 Å². The van der Waals surface area contributed by atoms with Crippen LogP contribution in [-0.4, -0.2) is 30.9 Å². The van der Waals surface area contributed by atoms with Gasteiger partial charge in [0, 0.05) is 11.3 Å². The van der Waals surface area contributed by atoms with E-state index in [1.54, 1.807) is 38.1 Å². The maximum absolute atomic E-state index is 12.4. The normalized spacial score (nSPS) is 17.7. The second-order valence-electron chi connectivity index (χ2n) is 5.97. The molecule has 1 aromatic carbocycles. The smallest absolute Gasteiger partial charge is 0.422 e. The minimum Gasteiger partial charge on any atom is -0.491 e. The fourth-order valence-electron chi connectivity index (χ4n) is 2.50. The van der Waals surface area contributed by atoms with E-state index in [0.717, 1.165) is 0 Å². The molecule has 6 nitrogen and oxygen atoms in total. The molecule has 0 saturated carbocycles. The second kappa shape index (κ2) is 7.67. The molecule has 26 heavy (non-hydrogen) atoms. The number of nitrogens with one attached hydrogen (secondary N) is 2. The fraction of sp³-hybridized carbons (Fsp3) is 0.412. The van der Waals surface area contributed by atoms with Gasteiger partial charge in [-0.05, 0) is 26.8 Å². The van der Waals surface area contributed by atoms with E-state index in [1.165, 1.54) is 6.92 Å². The molecule has 2 rings (SSSR count). The molecule has 1 atom stereocenters. The Balaban J connectivity index is 2.40. The summed E-state index contributed by atoms with van der Waals surface area (Å²) in [7, 11) is 0. The molecule has 0 fully saturated rings. The Morgan fingerprint density at radius 3 is 2.54 bits per heavy atom. The molecule has 1 aromatic rings. The Morgan fingerprint density at radius 2 is 1.92 bits per heavy atom. The third-order valence-electron chi connectivity index (χ3n) is 3.45. The summed E-state index contributed by atoms with van der Waals surface area (Å²) < 4.78 is 47.2. The minimum absolute atomic E-state index is 0.116. The lowest BCUT2D eigenvalue weighted by Crippen LogP contribution is -2.45. The monoisotopic (exact) mass is 372 g/mol. The van der Waals surface area contributed by atoms with E-state index in [0.29, 0.717) is 11.3 Å². The first-order chi connectivity index (χ1) is 12.1. The highest BCUT2D eigenvalue weighted by Crippen LogP contribution is 2.34. The third-order valence-corrected chi connectivity index (χ3v) is 3.45. The van der Waals surface area contributed by atoms with E-state index in [4.69, 9.17) is 4.74 Å². The molecule has 9 heteroatoms. The van der Waals surface area contributed by atoms with Crippen LogP contribution in [0.5, 0.6) is 5.75 Å². The van der Waals surface area contributed by atoms with Gasteiger partial charge in [0.15, 0.2) is 6.61 Å². The maximum atomic E-state index is 12.4. The molecule has 142 valence electrons. The van der Waals surface area contributed by atoms with Crippen LogP contribution in [0, 0.1) is 0 Å². The van der Waals surface area contributed by atoms with Gasteiger partial charge in [0.1, 0.15) is 5.75 Å². The highest BCUT2D eigenvalue weighted by molar-refractivity contribution is 5.95. The van der Waals surface area contributed by atoms with Crippen LogP contribution < -0.4 is 15.4 Å². The molecule has 1 aliphatic heterocycles. The SMILES string of the molecule is CC1=C(C(=O)OCC(F)(F)F)[C@@H](c2ccccc2OC(C)C)NC(=O)N1. The molecule has 0 aromatic heterocycles. The third kappa shape index (κ3) is 4.90. The lowest BCUT2D eigenvalue weighted by atomic mass is 9.95. The van der Waals surface area contributed by atoms with Crippen LogP contribution >= 0.6 is 0 Å². The van der Waals surface area contributed by atoms with Crippen LogP contribution in [0.25, 0.3) is 0 Å². The van der Waals surface area contributed by atoms with Crippen molar-refractivity contribution in [3.8, 4) is 5.75 Å². The first kappa shape index (κ1) is 19.6. The summed E-state index contributed by atoms with van der Waals surface area (Å²) in [6.45, 7) is 3.31. The average molecular weight is 372 g/mol. The van der Waals surface area contributed by atoms with Gasteiger partial charge >= 0.3 is 18.2 Å². The van der Waals surface area contributed by atoms with Gasteiger partial charge in [-0.2, -0.15) is 13.2 Å². The average Bonchev–Trinajstić information content (AvgIpc) is 2.51. The standard InChI is InChI=1S/C17H19F3N2O4/c1-9(2)26-12-7-5-4-6-11(12)14-13(10(3)21-16(24)22-14)15(23)25-8-17(18,19)20/h4-7,9,14H,8H2,1-3H3,(H2,21,22,24)/t14-/m1/s1. The summed E-state index contributed by atoms with van der Waals surface area (Å²) in [5.41, 5.74) is 0.438. The second-order valence-corrected chi connectivity index (χ2v) is 5.97. The van der Waals surface area contributed by atoms with Gasteiger partial charge < -0.3 is 20.1 Å². The number of rotatable bonds is 5. The molecule has 0 radical (unpaired) electrons. The van der Waals surface area contributed by atoms with Gasteiger partial charge in [-0.25, -0.2) is 9.59 Å². The van der Waals surface area contributed by atoms with Crippen molar-refractivity contribution < 1.29 is 32.2 Å². The molecule has 0 saturated heterocycles. The van der Waals surface area contributed by atoms with Crippen molar-refractivity contribution >= 4 is 12.0 Å². The van der Waals surface area contributed by atoms with E-state index in [-0.39, 0.29) is 17.4 Å². The molecule has 2 N–H and O–H groups in total. The molecular weight excluding hydrogens is 353 g/mol. The zero-order valence-corrected chi connectivity index (χ0v) is 14.4. The molecule has 0 unspecified atom stereocenters. The van der Waals surface area contributed by atoms with Gasteiger partial charge in [0.2, 0.25) is 0 Å². The first-order valence-electron chi connectivity index (χ1n) is 7.86. The number of carbonyl (C=O) groups is 2. The van der Waals surface area contributed by atoms with Gasteiger partial charge in [0.25, 0.3) is 0 Å². The Bertz CT molecular complexity index is 729. The van der Waals surface area contributed by atoms with Gasteiger partial charge in [0.05, 0.1) is 17.7 Å². The Kier molecular flexibility index (Phi) is 5.79. The van der Waals surface area contributed by atoms with Gasteiger partial charge in [-0.3, -0.25) is 0 Å². The summed E-state index contributed by atoms with van der Waals surface area (Å²) >= 11 is 0. The number of hydrogen-bond donors (Lipinski definition) is 2. The molecule has 0 aliphatic carbocycles. The van der Waals surface area contributed by atoms with Gasteiger partial charge in [-0.1, -0.05) is 18.2 Å². The summed E-state index contributed by atoms with van der Waals surface area (Å²) in [4.78, 5) is 24.1. The van der Waals surface area contributed by atoms with Crippen LogP contribution in [0.2, 0.25) is 0 Å². The van der Waals surface area contributed by atoms with Crippen LogP contribution in [0.4, 0.5) is 18.0 Å². The number of amides is 2. The van der Waals surface area contributed by atoms with Crippen molar-refractivity contribution in [1.82, 2.24) is 10.6 Å². The van der Waals surface area contributed by atoms with Crippen molar-refractivity contribution in [2.24, 2.45) is 0 Å². The van der Waals surface area contributed by atoms with Crippen LogP contribution in [0.1, 0.15) is 32.4 Å². The largest absolute Gasteiger partial charge is 0.491 e. The lowest BCUT2D eigenvalue weighted by molar-refractivity contribution is -0.183. The lowest BCUT2D eigenvalue weighted by Gasteiger charge is -2.29. The highest BCUT2D eigenvalue weighted by Gasteiger charge is 2.36. The van der Waals surface area contributed by atoms with Gasteiger partial charge in [-0.15, -0.1) is 0 Å². The summed E-state index contributed by atoms with van der Waals surface area (Å²) in [6.07, 6.45) is -4.83. The first-order valence-corrected chi connectivity index (χ1v) is 7.86. The number of alkyl halides is 3. The number of hydrogen-bond acceptors (Lipinski definition) is 4. The summed E-state index contributed by atoms with van der Waals surface area (Å²) in [6, 6.07) is 5.07. The predicted molar refractivity (Wildman–Crippen MR) is 86.3 cm³/mol. The summed E-state index contributed by atoms with van der Waals surface area (Å²) in [5.74, 6) is -0.764. The highest BCUT2D eigenvalue weighted by atomic mass is 19.4. The number of urea groups is 1. The Labute approximate surface area is 148 Å². The van der Waals surface area contributed by atoms with Crippen LogP contribution in [0.3, 0.4) is 0 Å². The summed E-state index contributed by atoms with van der Waals surface area (Å²) in [5, 5.41) is 4.91. The number of ether oxygens (including phenoxy) is 2. The van der Waals surface area contributed by atoms with E-state index in [9.17, 15) is 22.8 Å². The Hall–Kier alpha value is -2.71. The molecular formula is C17H19F3N2O4. The topological polar surface area (TPSA) is 76.7 Å². The predicted octanol–water partition coefficient (Wildman–Crippen LogP) is 3.21. The maximum Gasteiger partial charge on any atom is 0.422 e. The van der Waals surface area contributed by atoms with E-state index in [1.807, 2.05) is 0 Å². The van der Waals surface area contributed by atoms with Crippen molar-refractivity contribution in [2.75, 3.05) is 6.61 Å². The quantitative estimate of drug-likeness (QED) is 0.779. The van der Waals surface area contributed by atoms with E-state index >= 15 is 0 Å². The molecule has 2 amide bonds. The fourth-order valence-corrected chi connectivity index (χ4v) is 2.50. The Morgan fingerprint density at radius 1 is 1.27 bits per heavy atom. The molecule has 1 heterocycles. The number of halogens is 3.